The first-order valence-electron chi connectivity index (χ1n) is 6.62. The third-order valence-corrected chi connectivity index (χ3v) is 3.50. The second kappa shape index (κ2) is 6.13. The van der Waals surface area contributed by atoms with Crippen LogP contribution in [-0.2, 0) is 11.2 Å². The highest BCUT2D eigenvalue weighted by molar-refractivity contribution is 5.94. The molecular formula is C15H18F2N2O. The average Bonchev–Trinajstić information content (AvgIpc) is 2.31. The lowest BCUT2D eigenvalue weighted by Gasteiger charge is -2.22. The number of benzene rings is 1. The Morgan fingerprint density at radius 3 is 2.45 bits per heavy atom. The van der Waals surface area contributed by atoms with Crippen molar-refractivity contribution in [1.82, 2.24) is 10.6 Å². The zero-order valence-corrected chi connectivity index (χ0v) is 11.6. The van der Waals surface area contributed by atoms with E-state index in [1.165, 1.54) is 18.2 Å². The molecule has 0 saturated carbocycles. The molecule has 0 aromatic heterocycles. The summed E-state index contributed by atoms with van der Waals surface area (Å²) in [4.78, 5) is 12.0. The quantitative estimate of drug-likeness (QED) is 0.828. The molecule has 1 saturated heterocycles. The molecule has 1 heterocycles. The molecule has 3 nitrogen and oxygen atoms in total. The molecule has 5 heteroatoms. The summed E-state index contributed by atoms with van der Waals surface area (Å²) in [6.45, 7) is 4.97. The first-order chi connectivity index (χ1) is 9.49. The summed E-state index contributed by atoms with van der Waals surface area (Å²) >= 11 is 0. The summed E-state index contributed by atoms with van der Waals surface area (Å²) in [5.74, 6) is -1.33. The molecule has 20 heavy (non-hydrogen) atoms. The molecular weight excluding hydrogens is 262 g/mol. The number of hydrogen-bond donors (Lipinski definition) is 2. The molecule has 2 rings (SSSR count). The van der Waals surface area contributed by atoms with Gasteiger partial charge >= 0.3 is 0 Å². The van der Waals surface area contributed by atoms with Crippen molar-refractivity contribution in [2.45, 2.75) is 26.3 Å². The van der Waals surface area contributed by atoms with Crippen LogP contribution in [0.5, 0.6) is 0 Å². The third kappa shape index (κ3) is 3.22. The maximum Gasteiger partial charge on any atom is 0.247 e. The van der Waals surface area contributed by atoms with E-state index in [4.69, 9.17) is 0 Å². The molecule has 1 amide bonds. The normalized spacial score (nSPS) is 15.5. The van der Waals surface area contributed by atoms with Gasteiger partial charge in [-0.1, -0.05) is 6.07 Å². The van der Waals surface area contributed by atoms with Crippen LogP contribution < -0.4 is 10.6 Å². The minimum Gasteiger partial charge on any atom is -0.350 e. The van der Waals surface area contributed by atoms with Crippen LogP contribution in [0.1, 0.15) is 19.4 Å². The van der Waals surface area contributed by atoms with Crippen molar-refractivity contribution in [2.75, 3.05) is 13.1 Å². The monoisotopic (exact) mass is 280 g/mol. The Bertz CT molecular complexity index is 529. The molecule has 1 fully saturated rings. The lowest BCUT2D eigenvalue weighted by atomic mass is 10.0. The van der Waals surface area contributed by atoms with Crippen LogP contribution in [0.15, 0.2) is 29.3 Å². The van der Waals surface area contributed by atoms with Gasteiger partial charge in [0.15, 0.2) is 0 Å². The van der Waals surface area contributed by atoms with Crippen LogP contribution in [0.4, 0.5) is 8.78 Å². The number of amides is 1. The van der Waals surface area contributed by atoms with E-state index in [1.807, 2.05) is 0 Å². The summed E-state index contributed by atoms with van der Waals surface area (Å²) < 4.78 is 27.1. The molecule has 0 spiro atoms. The fourth-order valence-electron chi connectivity index (χ4n) is 2.09. The molecule has 0 bridgehead atoms. The number of hydrogen-bond acceptors (Lipinski definition) is 2. The molecule has 2 N–H and O–H groups in total. The van der Waals surface area contributed by atoms with Crippen LogP contribution in [0, 0.1) is 11.6 Å². The molecule has 1 aliphatic heterocycles. The van der Waals surface area contributed by atoms with Gasteiger partial charge in [-0.3, -0.25) is 4.79 Å². The van der Waals surface area contributed by atoms with E-state index in [2.05, 4.69) is 10.6 Å². The van der Waals surface area contributed by atoms with Gasteiger partial charge in [0.25, 0.3) is 0 Å². The van der Waals surface area contributed by atoms with Gasteiger partial charge in [0, 0.05) is 30.3 Å². The summed E-state index contributed by atoms with van der Waals surface area (Å²) in [7, 11) is 0. The van der Waals surface area contributed by atoms with Gasteiger partial charge in [0.1, 0.15) is 11.6 Å². The van der Waals surface area contributed by atoms with E-state index in [0.717, 1.165) is 18.7 Å². The largest absolute Gasteiger partial charge is 0.350 e. The van der Waals surface area contributed by atoms with Gasteiger partial charge in [0.2, 0.25) is 5.91 Å². The topological polar surface area (TPSA) is 41.1 Å². The molecule has 1 aromatic rings. The Hall–Kier alpha value is -1.75. The predicted molar refractivity (Wildman–Crippen MR) is 73.2 cm³/mol. The number of nitrogens with one attached hydrogen (secondary N) is 2. The molecule has 0 radical (unpaired) electrons. The van der Waals surface area contributed by atoms with Gasteiger partial charge < -0.3 is 10.6 Å². The van der Waals surface area contributed by atoms with Crippen molar-refractivity contribution in [3.8, 4) is 0 Å². The second-order valence-corrected chi connectivity index (χ2v) is 5.11. The Kier molecular flexibility index (Phi) is 4.49. The van der Waals surface area contributed by atoms with Crippen LogP contribution in [0.3, 0.4) is 0 Å². The summed E-state index contributed by atoms with van der Waals surface area (Å²) in [6.07, 6.45) is 0.130. The summed E-state index contributed by atoms with van der Waals surface area (Å²) in [6, 6.07) is 3.44. The highest BCUT2D eigenvalue weighted by atomic mass is 19.1. The van der Waals surface area contributed by atoms with Crippen LogP contribution in [0.2, 0.25) is 0 Å². The van der Waals surface area contributed by atoms with Crippen LogP contribution >= 0.6 is 0 Å². The Morgan fingerprint density at radius 2 is 1.95 bits per heavy atom. The number of halogens is 2. The summed E-state index contributed by atoms with van der Waals surface area (Å²) in [5.41, 5.74) is 1.77. The van der Waals surface area contributed by atoms with E-state index < -0.39 is 11.6 Å². The molecule has 1 unspecified atom stereocenters. The fraction of sp³-hybridized carbons (Fsp3) is 0.400. The van der Waals surface area contributed by atoms with E-state index in [-0.39, 0.29) is 23.9 Å². The molecule has 0 aliphatic carbocycles. The lowest BCUT2D eigenvalue weighted by molar-refractivity contribution is -0.118. The fourth-order valence-corrected chi connectivity index (χ4v) is 2.09. The molecule has 1 aromatic carbocycles. The van der Waals surface area contributed by atoms with Gasteiger partial charge in [0.05, 0.1) is 0 Å². The van der Waals surface area contributed by atoms with E-state index in [9.17, 15) is 13.6 Å². The molecule has 1 atom stereocenters. The first-order valence-corrected chi connectivity index (χ1v) is 6.62. The van der Waals surface area contributed by atoms with E-state index in [1.54, 1.807) is 13.8 Å². The minimum atomic E-state index is -0.579. The Morgan fingerprint density at radius 1 is 1.35 bits per heavy atom. The third-order valence-electron chi connectivity index (χ3n) is 3.50. The van der Waals surface area contributed by atoms with Gasteiger partial charge in [-0.15, -0.1) is 0 Å². The number of rotatable bonds is 4. The predicted octanol–water partition coefficient (Wildman–Crippen LogP) is 1.93. The van der Waals surface area contributed by atoms with Crippen molar-refractivity contribution in [2.24, 2.45) is 0 Å². The Labute approximate surface area is 117 Å². The van der Waals surface area contributed by atoms with E-state index >= 15 is 0 Å². The van der Waals surface area contributed by atoms with Crippen molar-refractivity contribution in [3.63, 3.8) is 0 Å². The first kappa shape index (κ1) is 14.7. The SMILES string of the molecule is CC(C(=O)NC(C)Cc1c(F)cccc1F)=C1CNC1. The number of carbonyl (C=O) groups excluding carboxylic acids is 1. The Balaban J connectivity index is 1.99. The summed E-state index contributed by atoms with van der Waals surface area (Å²) in [5, 5.41) is 5.84. The number of carbonyl (C=O) groups is 1. The van der Waals surface area contributed by atoms with Gasteiger partial charge in [-0.25, -0.2) is 8.78 Å². The van der Waals surface area contributed by atoms with Crippen LogP contribution in [-0.4, -0.2) is 25.0 Å². The average molecular weight is 280 g/mol. The zero-order chi connectivity index (χ0) is 14.7. The van der Waals surface area contributed by atoms with Crippen molar-refractivity contribution >= 4 is 5.91 Å². The van der Waals surface area contributed by atoms with Gasteiger partial charge in [-0.05, 0) is 38.0 Å². The molecule has 1 aliphatic rings. The van der Waals surface area contributed by atoms with Crippen molar-refractivity contribution in [1.29, 1.82) is 0 Å². The molecule has 108 valence electrons. The van der Waals surface area contributed by atoms with Crippen LogP contribution in [0.25, 0.3) is 0 Å². The lowest BCUT2D eigenvalue weighted by Crippen LogP contribution is -2.40. The van der Waals surface area contributed by atoms with Crippen molar-refractivity contribution < 1.29 is 13.6 Å². The highest BCUT2D eigenvalue weighted by Gasteiger charge is 2.18. The maximum absolute atomic E-state index is 13.5. The highest BCUT2D eigenvalue weighted by Crippen LogP contribution is 2.15. The second-order valence-electron chi connectivity index (χ2n) is 5.11. The van der Waals surface area contributed by atoms with E-state index in [0.29, 0.717) is 5.57 Å². The standard InChI is InChI=1S/C15H18F2N2O/c1-9(6-12-13(16)4-3-5-14(12)17)19-15(20)10(2)11-7-18-8-11/h3-5,9,18H,6-8H2,1-2H3,(H,19,20). The smallest absolute Gasteiger partial charge is 0.247 e. The van der Waals surface area contributed by atoms with Crippen molar-refractivity contribution in [3.05, 3.63) is 46.5 Å². The zero-order valence-electron chi connectivity index (χ0n) is 11.6. The van der Waals surface area contributed by atoms with Gasteiger partial charge in [-0.2, -0.15) is 0 Å². The minimum absolute atomic E-state index is 0.0101. The maximum atomic E-state index is 13.5.